The number of amides is 1. The molecule has 4 nitrogen and oxygen atoms in total. The second kappa shape index (κ2) is 6.20. The summed E-state index contributed by atoms with van der Waals surface area (Å²) in [6, 6.07) is 0. The Balaban J connectivity index is 1.52. The fraction of sp³-hybridized carbons (Fsp3) is 0.765. The third-order valence-electron chi connectivity index (χ3n) is 5.33. The van der Waals surface area contributed by atoms with E-state index in [9.17, 15) is 4.79 Å². The van der Waals surface area contributed by atoms with Gasteiger partial charge in [0.05, 0.1) is 0 Å². The van der Waals surface area contributed by atoms with E-state index in [4.69, 9.17) is 0 Å². The smallest absolute Gasteiger partial charge is 0.225 e. The Morgan fingerprint density at radius 2 is 1.86 bits per heavy atom. The quantitative estimate of drug-likeness (QED) is 0.858. The minimum Gasteiger partial charge on any atom is -0.342 e. The summed E-state index contributed by atoms with van der Waals surface area (Å²) < 4.78 is 2.32. The normalized spacial score (nSPS) is 21.1. The topological polar surface area (TPSA) is 38.1 Å². The van der Waals surface area contributed by atoms with Crippen molar-refractivity contribution in [3.63, 3.8) is 0 Å². The average Bonchev–Trinajstić information content (AvgIpc) is 3.13. The molecule has 1 amide bonds. The lowest BCUT2D eigenvalue weighted by atomic mass is 9.95. The monoisotopic (exact) mass is 289 g/mol. The number of nitrogens with zero attached hydrogens (tertiary/aromatic N) is 3. The largest absolute Gasteiger partial charge is 0.342 e. The van der Waals surface area contributed by atoms with Crippen LogP contribution in [-0.2, 0) is 11.3 Å². The summed E-state index contributed by atoms with van der Waals surface area (Å²) in [5.74, 6) is 2.56. The van der Waals surface area contributed by atoms with Gasteiger partial charge in [-0.05, 0) is 45.4 Å². The van der Waals surface area contributed by atoms with Gasteiger partial charge in [0.2, 0.25) is 5.91 Å². The van der Waals surface area contributed by atoms with Crippen LogP contribution in [-0.4, -0.2) is 33.4 Å². The Kier molecular flexibility index (Phi) is 4.32. The van der Waals surface area contributed by atoms with Crippen molar-refractivity contribution in [1.82, 2.24) is 14.5 Å². The van der Waals surface area contributed by atoms with Crippen LogP contribution in [0.1, 0.15) is 50.0 Å². The van der Waals surface area contributed by atoms with Crippen molar-refractivity contribution >= 4 is 5.91 Å². The molecule has 0 N–H and O–H groups in total. The Hall–Kier alpha value is -1.32. The highest BCUT2D eigenvalue weighted by atomic mass is 16.2. The first-order valence-corrected chi connectivity index (χ1v) is 8.42. The molecule has 0 aromatic carbocycles. The van der Waals surface area contributed by atoms with E-state index in [-0.39, 0.29) is 0 Å². The van der Waals surface area contributed by atoms with Crippen LogP contribution in [0.25, 0.3) is 0 Å². The van der Waals surface area contributed by atoms with Gasteiger partial charge in [-0.2, -0.15) is 0 Å². The number of aryl methyl sites for hydroxylation is 2. The molecule has 3 rings (SSSR count). The molecule has 1 saturated carbocycles. The van der Waals surface area contributed by atoms with E-state index >= 15 is 0 Å². The van der Waals surface area contributed by atoms with E-state index in [1.165, 1.54) is 18.5 Å². The zero-order chi connectivity index (χ0) is 14.8. The maximum absolute atomic E-state index is 12.4. The molecule has 0 radical (unpaired) electrons. The molecule has 1 aromatic rings. The van der Waals surface area contributed by atoms with Gasteiger partial charge < -0.3 is 9.47 Å². The fourth-order valence-electron chi connectivity index (χ4n) is 3.88. The molecule has 1 aromatic heterocycles. The highest BCUT2D eigenvalue weighted by Crippen LogP contribution is 2.29. The van der Waals surface area contributed by atoms with E-state index in [1.54, 1.807) is 0 Å². The van der Waals surface area contributed by atoms with Crippen molar-refractivity contribution in [2.24, 2.45) is 11.8 Å². The van der Waals surface area contributed by atoms with Crippen LogP contribution in [0.2, 0.25) is 0 Å². The molecule has 21 heavy (non-hydrogen) atoms. The molecule has 2 fully saturated rings. The van der Waals surface area contributed by atoms with Crippen molar-refractivity contribution in [3.8, 4) is 0 Å². The Morgan fingerprint density at radius 3 is 2.43 bits per heavy atom. The molecule has 0 unspecified atom stereocenters. The zero-order valence-corrected chi connectivity index (χ0v) is 13.3. The Morgan fingerprint density at radius 1 is 1.19 bits per heavy atom. The van der Waals surface area contributed by atoms with Gasteiger partial charge in [-0.25, -0.2) is 4.98 Å². The number of rotatable bonds is 3. The SMILES string of the molecule is Cc1cnc(C)n1CC1CCN(C(=O)C2CCCC2)CC1. The molecule has 2 heterocycles. The number of carbonyl (C=O) groups is 1. The molecule has 1 saturated heterocycles. The minimum atomic E-state index is 0.333. The lowest BCUT2D eigenvalue weighted by Gasteiger charge is -2.34. The predicted molar refractivity (Wildman–Crippen MR) is 83.0 cm³/mol. The van der Waals surface area contributed by atoms with Crippen molar-refractivity contribution in [3.05, 3.63) is 17.7 Å². The molecule has 2 aliphatic rings. The summed E-state index contributed by atoms with van der Waals surface area (Å²) in [6.45, 7) is 7.16. The molecule has 116 valence electrons. The second-order valence-corrected chi connectivity index (χ2v) is 6.81. The van der Waals surface area contributed by atoms with Crippen molar-refractivity contribution in [2.45, 2.75) is 58.9 Å². The van der Waals surface area contributed by atoms with Crippen molar-refractivity contribution < 1.29 is 4.79 Å². The average molecular weight is 289 g/mol. The van der Waals surface area contributed by atoms with Gasteiger partial charge in [-0.1, -0.05) is 12.8 Å². The molecule has 1 aliphatic carbocycles. The van der Waals surface area contributed by atoms with Crippen molar-refractivity contribution in [2.75, 3.05) is 13.1 Å². The van der Waals surface area contributed by atoms with Crippen LogP contribution in [0.4, 0.5) is 0 Å². The molecule has 4 heteroatoms. The van der Waals surface area contributed by atoms with Gasteiger partial charge in [0.1, 0.15) is 5.82 Å². The van der Waals surface area contributed by atoms with E-state index < -0.39 is 0 Å². The predicted octanol–water partition coefficient (Wildman–Crippen LogP) is 2.93. The first-order chi connectivity index (χ1) is 10.1. The van der Waals surface area contributed by atoms with Crippen LogP contribution in [0.5, 0.6) is 0 Å². The van der Waals surface area contributed by atoms with Crippen LogP contribution in [0, 0.1) is 25.7 Å². The van der Waals surface area contributed by atoms with Crippen molar-refractivity contribution in [1.29, 1.82) is 0 Å². The highest BCUT2D eigenvalue weighted by Gasteiger charge is 2.30. The highest BCUT2D eigenvalue weighted by molar-refractivity contribution is 5.79. The van der Waals surface area contributed by atoms with Crippen LogP contribution in [0.15, 0.2) is 6.20 Å². The Bertz CT molecular complexity index is 475. The third-order valence-corrected chi connectivity index (χ3v) is 5.33. The summed E-state index contributed by atoms with van der Waals surface area (Å²) in [6.07, 6.45) is 8.94. The Labute approximate surface area is 127 Å². The maximum Gasteiger partial charge on any atom is 0.225 e. The first-order valence-electron chi connectivity index (χ1n) is 8.42. The number of imidazole rings is 1. The molecular weight excluding hydrogens is 262 g/mol. The number of hydrogen-bond acceptors (Lipinski definition) is 2. The van der Waals surface area contributed by atoms with Crippen LogP contribution in [0.3, 0.4) is 0 Å². The number of aromatic nitrogens is 2. The van der Waals surface area contributed by atoms with Gasteiger partial charge in [-0.15, -0.1) is 0 Å². The van der Waals surface area contributed by atoms with Gasteiger partial charge in [0.15, 0.2) is 0 Å². The molecular formula is C17H27N3O. The number of likely N-dealkylation sites (tertiary alicyclic amines) is 1. The van der Waals surface area contributed by atoms with Crippen LogP contribution >= 0.6 is 0 Å². The van der Waals surface area contributed by atoms with Gasteiger partial charge in [0.25, 0.3) is 0 Å². The van der Waals surface area contributed by atoms with E-state index in [0.717, 1.165) is 51.1 Å². The number of carbonyl (C=O) groups excluding carboxylic acids is 1. The zero-order valence-electron chi connectivity index (χ0n) is 13.3. The fourth-order valence-corrected chi connectivity index (χ4v) is 3.88. The molecule has 0 bridgehead atoms. The summed E-state index contributed by atoms with van der Waals surface area (Å²) in [5, 5.41) is 0. The molecule has 0 atom stereocenters. The standard InChI is InChI=1S/C17H27N3O/c1-13-11-18-14(2)20(13)12-15-7-9-19(10-8-15)17(21)16-5-3-4-6-16/h11,15-16H,3-10,12H2,1-2H3. The number of hydrogen-bond donors (Lipinski definition) is 0. The van der Waals surface area contributed by atoms with Gasteiger partial charge in [0, 0.05) is 37.4 Å². The molecule has 1 aliphatic heterocycles. The van der Waals surface area contributed by atoms with Gasteiger partial charge in [-0.3, -0.25) is 4.79 Å². The van der Waals surface area contributed by atoms with E-state index in [1.807, 2.05) is 6.20 Å². The second-order valence-electron chi connectivity index (χ2n) is 6.81. The summed E-state index contributed by atoms with van der Waals surface area (Å²) >= 11 is 0. The summed E-state index contributed by atoms with van der Waals surface area (Å²) in [7, 11) is 0. The first kappa shape index (κ1) is 14.6. The summed E-state index contributed by atoms with van der Waals surface area (Å²) in [4.78, 5) is 18.9. The van der Waals surface area contributed by atoms with Gasteiger partial charge >= 0.3 is 0 Å². The number of piperidine rings is 1. The minimum absolute atomic E-state index is 0.333. The lowest BCUT2D eigenvalue weighted by molar-refractivity contribution is -0.136. The third kappa shape index (κ3) is 3.14. The maximum atomic E-state index is 12.4. The van der Waals surface area contributed by atoms with E-state index in [2.05, 4.69) is 28.3 Å². The summed E-state index contributed by atoms with van der Waals surface area (Å²) in [5.41, 5.74) is 1.25. The van der Waals surface area contributed by atoms with Crippen LogP contribution < -0.4 is 0 Å². The van der Waals surface area contributed by atoms with E-state index in [0.29, 0.717) is 17.7 Å². The lowest BCUT2D eigenvalue weighted by Crippen LogP contribution is -2.42. The molecule has 0 spiro atoms.